The lowest BCUT2D eigenvalue weighted by Crippen LogP contribution is -2.19. The molecule has 0 aromatic carbocycles. The van der Waals surface area contributed by atoms with Crippen molar-refractivity contribution in [2.45, 2.75) is 103 Å². The Morgan fingerprint density at radius 1 is 0.632 bits per heavy atom. The van der Waals surface area contributed by atoms with Gasteiger partial charge in [-0.2, -0.15) is 0 Å². The molecule has 0 aliphatic rings. The number of nitrogens with two attached hydrogens (primary N) is 2. The molecule has 0 saturated heterocycles. The van der Waals surface area contributed by atoms with Crippen LogP contribution in [0.1, 0.15) is 96.8 Å². The van der Waals surface area contributed by atoms with Crippen molar-refractivity contribution in [2.24, 2.45) is 11.5 Å². The molecular formula is C17H38N2. The van der Waals surface area contributed by atoms with Gasteiger partial charge in [0.15, 0.2) is 0 Å². The molecule has 0 radical (unpaired) electrons. The molecule has 0 aromatic rings. The SMILES string of the molecule is CCCCCC(N)CCCCCCCCCCCN. The van der Waals surface area contributed by atoms with Crippen LogP contribution in [0.3, 0.4) is 0 Å². The minimum atomic E-state index is 0.461. The quantitative estimate of drug-likeness (QED) is 0.422. The van der Waals surface area contributed by atoms with Gasteiger partial charge in [-0.25, -0.2) is 0 Å². The van der Waals surface area contributed by atoms with E-state index in [0.29, 0.717) is 6.04 Å². The van der Waals surface area contributed by atoms with Crippen molar-refractivity contribution in [3.8, 4) is 0 Å². The first-order valence-electron chi connectivity index (χ1n) is 8.77. The van der Waals surface area contributed by atoms with Crippen molar-refractivity contribution in [2.75, 3.05) is 6.54 Å². The van der Waals surface area contributed by atoms with E-state index in [2.05, 4.69) is 6.92 Å². The second-order valence-corrected chi connectivity index (χ2v) is 6.02. The van der Waals surface area contributed by atoms with Gasteiger partial charge in [-0.05, 0) is 25.8 Å². The van der Waals surface area contributed by atoms with Gasteiger partial charge in [-0.15, -0.1) is 0 Å². The molecular weight excluding hydrogens is 232 g/mol. The molecule has 116 valence electrons. The second kappa shape index (κ2) is 16.0. The molecule has 0 fully saturated rings. The third-order valence-corrected chi connectivity index (χ3v) is 3.96. The Morgan fingerprint density at radius 3 is 1.53 bits per heavy atom. The molecule has 1 atom stereocenters. The van der Waals surface area contributed by atoms with E-state index >= 15 is 0 Å². The summed E-state index contributed by atoms with van der Waals surface area (Å²) in [5, 5.41) is 0. The Balaban J connectivity index is 3.05. The first-order valence-corrected chi connectivity index (χ1v) is 8.77. The molecule has 0 saturated carbocycles. The van der Waals surface area contributed by atoms with Crippen molar-refractivity contribution >= 4 is 0 Å². The standard InChI is InChI=1S/C17H38N2/c1-2-3-11-14-17(19)15-12-9-7-5-4-6-8-10-13-16-18/h17H,2-16,18-19H2,1H3. The molecule has 0 aliphatic carbocycles. The summed E-state index contributed by atoms with van der Waals surface area (Å²) in [4.78, 5) is 0. The summed E-state index contributed by atoms with van der Waals surface area (Å²) in [6, 6.07) is 0.461. The largest absolute Gasteiger partial charge is 0.330 e. The summed E-state index contributed by atoms with van der Waals surface area (Å²) in [5.41, 5.74) is 11.6. The Bertz CT molecular complexity index is 159. The topological polar surface area (TPSA) is 52.0 Å². The van der Waals surface area contributed by atoms with Gasteiger partial charge in [-0.3, -0.25) is 0 Å². The molecule has 4 N–H and O–H groups in total. The second-order valence-electron chi connectivity index (χ2n) is 6.02. The summed E-state index contributed by atoms with van der Waals surface area (Å²) >= 11 is 0. The zero-order valence-corrected chi connectivity index (χ0v) is 13.3. The summed E-state index contributed by atoms with van der Waals surface area (Å²) in [7, 11) is 0. The van der Waals surface area contributed by atoms with Gasteiger partial charge in [0.25, 0.3) is 0 Å². The number of hydrogen-bond donors (Lipinski definition) is 2. The molecule has 0 spiro atoms. The zero-order valence-electron chi connectivity index (χ0n) is 13.3. The highest BCUT2D eigenvalue weighted by Gasteiger charge is 2.01. The van der Waals surface area contributed by atoms with E-state index in [1.54, 1.807) is 0 Å². The molecule has 0 rings (SSSR count). The lowest BCUT2D eigenvalue weighted by atomic mass is 10.0. The number of hydrogen-bond acceptors (Lipinski definition) is 2. The van der Waals surface area contributed by atoms with Crippen molar-refractivity contribution in [3.63, 3.8) is 0 Å². The van der Waals surface area contributed by atoms with Crippen LogP contribution in [0.4, 0.5) is 0 Å². The normalized spacial score (nSPS) is 12.8. The molecule has 0 heterocycles. The highest BCUT2D eigenvalue weighted by Crippen LogP contribution is 2.12. The lowest BCUT2D eigenvalue weighted by molar-refractivity contribution is 0.488. The van der Waals surface area contributed by atoms with E-state index in [0.717, 1.165) is 6.54 Å². The van der Waals surface area contributed by atoms with Crippen LogP contribution in [0.5, 0.6) is 0 Å². The van der Waals surface area contributed by atoms with Gasteiger partial charge in [0, 0.05) is 6.04 Å². The molecule has 2 nitrogen and oxygen atoms in total. The van der Waals surface area contributed by atoms with E-state index in [-0.39, 0.29) is 0 Å². The maximum absolute atomic E-state index is 6.11. The van der Waals surface area contributed by atoms with Crippen LogP contribution in [-0.4, -0.2) is 12.6 Å². The third kappa shape index (κ3) is 15.9. The Kier molecular flexibility index (Phi) is 15.9. The van der Waals surface area contributed by atoms with Crippen molar-refractivity contribution in [1.82, 2.24) is 0 Å². The van der Waals surface area contributed by atoms with Gasteiger partial charge in [0.05, 0.1) is 0 Å². The van der Waals surface area contributed by atoms with E-state index in [1.165, 1.54) is 89.9 Å². The van der Waals surface area contributed by atoms with Crippen LogP contribution >= 0.6 is 0 Å². The van der Waals surface area contributed by atoms with Crippen LogP contribution in [0.15, 0.2) is 0 Å². The highest BCUT2D eigenvalue weighted by molar-refractivity contribution is 4.61. The molecule has 0 amide bonds. The third-order valence-electron chi connectivity index (χ3n) is 3.96. The monoisotopic (exact) mass is 270 g/mol. The minimum Gasteiger partial charge on any atom is -0.330 e. The predicted molar refractivity (Wildman–Crippen MR) is 87.3 cm³/mol. The fourth-order valence-corrected chi connectivity index (χ4v) is 2.59. The van der Waals surface area contributed by atoms with Gasteiger partial charge in [0.2, 0.25) is 0 Å². The molecule has 1 unspecified atom stereocenters. The van der Waals surface area contributed by atoms with Crippen LogP contribution in [0.2, 0.25) is 0 Å². The number of unbranched alkanes of at least 4 members (excludes halogenated alkanes) is 10. The molecule has 0 aromatic heterocycles. The highest BCUT2D eigenvalue weighted by atomic mass is 14.6. The average molecular weight is 271 g/mol. The fraction of sp³-hybridized carbons (Fsp3) is 1.00. The van der Waals surface area contributed by atoms with E-state index < -0.39 is 0 Å². The summed E-state index contributed by atoms with van der Waals surface area (Å²) in [6.45, 7) is 3.11. The Morgan fingerprint density at radius 2 is 1.05 bits per heavy atom. The average Bonchev–Trinajstić information content (AvgIpc) is 2.41. The van der Waals surface area contributed by atoms with E-state index in [1.807, 2.05) is 0 Å². The van der Waals surface area contributed by atoms with Gasteiger partial charge >= 0.3 is 0 Å². The van der Waals surface area contributed by atoms with Crippen molar-refractivity contribution in [3.05, 3.63) is 0 Å². The lowest BCUT2D eigenvalue weighted by Gasteiger charge is -2.10. The van der Waals surface area contributed by atoms with Gasteiger partial charge in [-0.1, -0.05) is 77.6 Å². The summed E-state index contributed by atoms with van der Waals surface area (Å²) in [6.07, 6.45) is 18.7. The number of rotatable bonds is 15. The van der Waals surface area contributed by atoms with Gasteiger partial charge < -0.3 is 11.5 Å². The van der Waals surface area contributed by atoms with Crippen LogP contribution < -0.4 is 11.5 Å². The minimum absolute atomic E-state index is 0.461. The first-order chi connectivity index (χ1) is 9.31. The van der Waals surface area contributed by atoms with Crippen LogP contribution in [-0.2, 0) is 0 Å². The molecule has 0 bridgehead atoms. The van der Waals surface area contributed by atoms with E-state index in [4.69, 9.17) is 11.5 Å². The maximum Gasteiger partial charge on any atom is 0.00388 e. The molecule has 2 heteroatoms. The molecule has 19 heavy (non-hydrogen) atoms. The van der Waals surface area contributed by atoms with Crippen molar-refractivity contribution in [1.29, 1.82) is 0 Å². The Hall–Kier alpha value is -0.0800. The smallest absolute Gasteiger partial charge is 0.00388 e. The first kappa shape index (κ1) is 18.9. The van der Waals surface area contributed by atoms with Crippen LogP contribution in [0, 0.1) is 0 Å². The fourth-order valence-electron chi connectivity index (χ4n) is 2.59. The van der Waals surface area contributed by atoms with Gasteiger partial charge in [0.1, 0.15) is 0 Å². The van der Waals surface area contributed by atoms with Crippen LogP contribution in [0.25, 0.3) is 0 Å². The Labute approximate surface area is 121 Å². The zero-order chi connectivity index (χ0) is 14.2. The van der Waals surface area contributed by atoms with E-state index in [9.17, 15) is 0 Å². The maximum atomic E-state index is 6.11. The molecule has 0 aliphatic heterocycles. The predicted octanol–water partition coefficient (Wildman–Crippen LogP) is 4.75. The summed E-state index contributed by atoms with van der Waals surface area (Å²) < 4.78 is 0. The summed E-state index contributed by atoms with van der Waals surface area (Å²) in [5.74, 6) is 0. The van der Waals surface area contributed by atoms with Crippen molar-refractivity contribution < 1.29 is 0 Å².